The molecule has 2 aromatic heterocycles. The van der Waals surface area contributed by atoms with Crippen LogP contribution in [0.3, 0.4) is 0 Å². The quantitative estimate of drug-likeness (QED) is 0.470. The molecule has 196 valence electrons. The second-order valence-corrected chi connectivity index (χ2v) is 12.6. The zero-order chi connectivity index (χ0) is 26.4. The van der Waals surface area contributed by atoms with Crippen molar-refractivity contribution >= 4 is 28.2 Å². The Morgan fingerprint density at radius 2 is 2.11 bits per heavy atom. The fourth-order valence-electron chi connectivity index (χ4n) is 8.23. The van der Waals surface area contributed by atoms with Crippen molar-refractivity contribution in [3.63, 3.8) is 0 Å². The molecule has 0 spiro atoms. The molecule has 3 fully saturated rings. The zero-order valence-electron chi connectivity index (χ0n) is 21.1. The number of thiazole rings is 1. The van der Waals surface area contributed by atoms with E-state index in [1.807, 2.05) is 13.8 Å². The molecular weight excluding hydrogens is 493 g/mol. The van der Waals surface area contributed by atoms with Crippen molar-refractivity contribution in [2.45, 2.75) is 63.8 Å². The van der Waals surface area contributed by atoms with Crippen molar-refractivity contribution in [1.82, 2.24) is 9.97 Å². The summed E-state index contributed by atoms with van der Waals surface area (Å²) in [5.74, 6) is -1.38. The molecule has 7 nitrogen and oxygen atoms in total. The van der Waals surface area contributed by atoms with Crippen LogP contribution >= 0.6 is 11.3 Å². The van der Waals surface area contributed by atoms with Crippen LogP contribution in [0.5, 0.6) is 0 Å². The van der Waals surface area contributed by atoms with Crippen LogP contribution in [0.15, 0.2) is 47.5 Å². The molecule has 4 aliphatic carbocycles. The molecule has 4 N–H and O–H groups in total. The summed E-state index contributed by atoms with van der Waals surface area (Å²) < 4.78 is 17.3. The first-order valence-corrected chi connectivity index (χ1v) is 13.8. The summed E-state index contributed by atoms with van der Waals surface area (Å²) >= 11 is 1.24. The highest BCUT2D eigenvalue weighted by molar-refractivity contribution is 7.14. The topological polar surface area (TPSA) is 115 Å². The Balaban J connectivity index is 1.35. The van der Waals surface area contributed by atoms with E-state index in [0.717, 1.165) is 5.57 Å². The van der Waals surface area contributed by atoms with Crippen LogP contribution in [-0.4, -0.2) is 43.6 Å². The van der Waals surface area contributed by atoms with Gasteiger partial charge in [-0.25, -0.2) is 9.37 Å². The van der Waals surface area contributed by atoms with Gasteiger partial charge >= 0.3 is 0 Å². The van der Waals surface area contributed by atoms with Gasteiger partial charge in [0, 0.05) is 28.3 Å². The first kappa shape index (κ1) is 24.7. The van der Waals surface area contributed by atoms with Gasteiger partial charge in [-0.05, 0) is 68.7 Å². The Labute approximate surface area is 218 Å². The van der Waals surface area contributed by atoms with Gasteiger partial charge in [-0.1, -0.05) is 25.5 Å². The monoisotopic (exact) mass is 525 g/mol. The van der Waals surface area contributed by atoms with Crippen molar-refractivity contribution in [3.8, 4) is 0 Å². The molecule has 0 saturated heterocycles. The largest absolute Gasteiger partial charge is 0.390 e. The van der Waals surface area contributed by atoms with Gasteiger partial charge in [0.25, 0.3) is 5.91 Å². The van der Waals surface area contributed by atoms with Gasteiger partial charge in [0.2, 0.25) is 0 Å². The van der Waals surface area contributed by atoms with E-state index >= 15 is 4.39 Å². The maximum atomic E-state index is 17.3. The number of ketones is 1. The number of alkyl halides is 1. The number of amides is 1. The third-order valence-electron chi connectivity index (χ3n) is 10.2. The van der Waals surface area contributed by atoms with E-state index in [9.17, 15) is 19.8 Å². The number of fused-ring (bicyclic) bond motifs is 5. The molecule has 1 amide bonds. The van der Waals surface area contributed by atoms with Crippen molar-refractivity contribution in [3.05, 3.63) is 58.9 Å². The van der Waals surface area contributed by atoms with Gasteiger partial charge in [-0.3, -0.25) is 14.9 Å². The number of hydrogen-bond donors (Lipinski definition) is 4. The van der Waals surface area contributed by atoms with Crippen molar-refractivity contribution < 1.29 is 24.2 Å². The van der Waals surface area contributed by atoms with Crippen molar-refractivity contribution in [1.29, 1.82) is 0 Å². The number of aromatic nitrogens is 2. The summed E-state index contributed by atoms with van der Waals surface area (Å²) in [5.41, 5.74) is -3.64. The maximum absolute atomic E-state index is 17.3. The van der Waals surface area contributed by atoms with Crippen LogP contribution in [0, 0.1) is 28.6 Å². The average molecular weight is 526 g/mol. The number of halogens is 1. The predicted molar refractivity (Wildman–Crippen MR) is 138 cm³/mol. The predicted octanol–water partition coefficient (Wildman–Crippen LogP) is 4.53. The standard InChI is InChI=1S/C28H32FN3O4S/c1-15-11-19-18-7-6-16-12-17(33)8-9-25(16,2)27(18,29)22(34)13-26(19,3)28(15,36)21-14-37-24(31-21)32-23(35)20-5-4-10-30-20/h4-5,8-10,12,14-15,18-19,22,30,34,36H,6-7,11,13H2,1-3H3,(H,31,32,35). The molecule has 2 aromatic rings. The van der Waals surface area contributed by atoms with Crippen LogP contribution in [0.2, 0.25) is 0 Å². The fourth-order valence-corrected chi connectivity index (χ4v) is 8.99. The smallest absolute Gasteiger partial charge is 0.273 e. The van der Waals surface area contributed by atoms with E-state index in [-0.39, 0.29) is 29.9 Å². The Kier molecular flexibility index (Phi) is 5.30. The number of aliphatic hydroxyl groups excluding tert-OH is 1. The molecule has 6 rings (SSSR count). The Hall–Kier alpha value is -2.62. The summed E-state index contributed by atoms with van der Waals surface area (Å²) in [4.78, 5) is 32.0. The number of aromatic amines is 1. The molecule has 8 atom stereocenters. The first-order valence-electron chi connectivity index (χ1n) is 12.9. The van der Waals surface area contributed by atoms with Crippen LogP contribution < -0.4 is 5.32 Å². The molecule has 0 bridgehead atoms. The average Bonchev–Trinajstić information content (AvgIpc) is 3.58. The lowest BCUT2D eigenvalue weighted by Crippen LogP contribution is -2.68. The van der Waals surface area contributed by atoms with Gasteiger partial charge in [0.15, 0.2) is 16.6 Å². The number of H-pyrrole nitrogens is 1. The zero-order valence-corrected chi connectivity index (χ0v) is 21.9. The third kappa shape index (κ3) is 3.08. The van der Waals surface area contributed by atoms with Gasteiger partial charge < -0.3 is 15.2 Å². The molecule has 0 aromatic carbocycles. The number of carbonyl (C=O) groups is 2. The third-order valence-corrected chi connectivity index (χ3v) is 10.9. The molecule has 37 heavy (non-hydrogen) atoms. The second-order valence-electron chi connectivity index (χ2n) is 11.7. The number of anilines is 1. The molecule has 2 heterocycles. The molecule has 4 aliphatic rings. The summed E-state index contributed by atoms with van der Waals surface area (Å²) in [5, 5.41) is 28.8. The summed E-state index contributed by atoms with van der Waals surface area (Å²) in [6, 6.07) is 3.40. The van der Waals surface area contributed by atoms with E-state index in [0.29, 0.717) is 35.8 Å². The first-order chi connectivity index (χ1) is 17.4. The molecule has 3 saturated carbocycles. The highest BCUT2D eigenvalue weighted by atomic mass is 32.1. The van der Waals surface area contributed by atoms with E-state index in [1.165, 1.54) is 23.5 Å². The highest BCUT2D eigenvalue weighted by Gasteiger charge is 2.74. The summed E-state index contributed by atoms with van der Waals surface area (Å²) in [6.07, 6.45) is 6.68. The van der Waals surface area contributed by atoms with Crippen LogP contribution in [-0.2, 0) is 10.4 Å². The summed E-state index contributed by atoms with van der Waals surface area (Å²) in [6.45, 7) is 5.71. The lowest BCUT2D eigenvalue weighted by molar-refractivity contribution is -0.223. The van der Waals surface area contributed by atoms with E-state index in [4.69, 9.17) is 0 Å². The van der Waals surface area contributed by atoms with Crippen LogP contribution in [0.4, 0.5) is 9.52 Å². The number of nitrogens with one attached hydrogen (secondary N) is 2. The number of nitrogens with zero attached hydrogens (tertiary/aromatic N) is 1. The molecule has 8 unspecified atom stereocenters. The number of aliphatic hydroxyl groups is 2. The lowest BCUT2D eigenvalue weighted by Gasteiger charge is -2.62. The number of carbonyl (C=O) groups excluding carboxylic acids is 2. The second kappa shape index (κ2) is 7.94. The van der Waals surface area contributed by atoms with Gasteiger partial charge in [-0.2, -0.15) is 0 Å². The lowest BCUT2D eigenvalue weighted by atomic mass is 9.44. The minimum atomic E-state index is -1.94. The number of hydrogen-bond acceptors (Lipinski definition) is 6. The normalized spacial score (nSPS) is 42.5. The van der Waals surface area contributed by atoms with E-state index in [1.54, 1.807) is 36.7 Å². The molecular formula is C28H32FN3O4S. The SMILES string of the molecule is CC1CC2C3CCC4=CC(=O)C=CC4(C)C3(F)C(O)CC2(C)C1(O)c1csc(NC(=O)c2ccc[nH]2)n1. The number of rotatable bonds is 3. The Bertz CT molecular complexity index is 1340. The summed E-state index contributed by atoms with van der Waals surface area (Å²) in [7, 11) is 0. The fraction of sp³-hybridized carbons (Fsp3) is 0.536. The molecule has 9 heteroatoms. The molecule has 0 aliphatic heterocycles. The maximum Gasteiger partial charge on any atom is 0.273 e. The van der Waals surface area contributed by atoms with Gasteiger partial charge in [0.05, 0.1) is 11.8 Å². The minimum absolute atomic E-state index is 0.0673. The van der Waals surface area contributed by atoms with Crippen molar-refractivity contribution in [2.24, 2.45) is 28.6 Å². The molecule has 0 radical (unpaired) electrons. The minimum Gasteiger partial charge on any atom is -0.390 e. The van der Waals surface area contributed by atoms with Crippen molar-refractivity contribution in [2.75, 3.05) is 5.32 Å². The highest BCUT2D eigenvalue weighted by Crippen LogP contribution is 2.72. The van der Waals surface area contributed by atoms with Crippen LogP contribution in [0.1, 0.15) is 62.6 Å². The van der Waals surface area contributed by atoms with E-state index < -0.39 is 34.1 Å². The Morgan fingerprint density at radius 1 is 1.32 bits per heavy atom. The van der Waals surface area contributed by atoms with Gasteiger partial charge in [-0.15, -0.1) is 11.3 Å². The number of allylic oxidation sites excluding steroid dienone is 4. The van der Waals surface area contributed by atoms with E-state index in [2.05, 4.69) is 15.3 Å². The van der Waals surface area contributed by atoms with Gasteiger partial charge in [0.1, 0.15) is 11.3 Å². The Morgan fingerprint density at radius 3 is 2.84 bits per heavy atom. The van der Waals surface area contributed by atoms with Crippen LogP contribution in [0.25, 0.3) is 0 Å².